The second-order valence-corrected chi connectivity index (χ2v) is 10.6. The van der Waals surface area contributed by atoms with Crippen molar-refractivity contribution in [3.63, 3.8) is 0 Å². The van der Waals surface area contributed by atoms with Crippen LogP contribution >= 0.6 is 34.5 Å². The predicted molar refractivity (Wildman–Crippen MR) is 154 cm³/mol. The van der Waals surface area contributed by atoms with E-state index in [9.17, 15) is 19.7 Å². The summed E-state index contributed by atoms with van der Waals surface area (Å²) in [5, 5.41) is 11.2. The number of furan rings is 1. The van der Waals surface area contributed by atoms with Crippen LogP contribution < -0.4 is 19.6 Å². The molecule has 1 aliphatic rings. The number of rotatable bonds is 7. The fraction of sp³-hybridized carbons (Fsp3) is 0.179. The number of hydrogen-bond donors (Lipinski definition) is 0. The lowest BCUT2D eigenvalue weighted by molar-refractivity contribution is -0.384. The third-order valence-electron chi connectivity index (χ3n) is 6.33. The highest BCUT2D eigenvalue weighted by molar-refractivity contribution is 7.07. The molecule has 0 bridgehead atoms. The Balaban J connectivity index is 1.62. The number of nitro groups is 1. The standard InChI is InChI=1S/C28H21Cl2N3O7S/c1-4-39-27(35)24-14(2)31-28-32(25(24)15-6-5-7-16(10-15)38-3)26(34)23(41-28)11-17-8-9-22(40-17)18-12-20(30)21(33(36)37)13-19(18)29/h5-13,25H,4H2,1-3H3/b23-11+. The third-order valence-corrected chi connectivity index (χ3v) is 7.92. The minimum absolute atomic E-state index is 0.0848. The zero-order valence-corrected chi connectivity index (χ0v) is 24.2. The molecular formula is C28H21Cl2N3O7S. The van der Waals surface area contributed by atoms with E-state index in [1.807, 2.05) is 0 Å². The number of aromatic nitrogens is 1. The maximum absolute atomic E-state index is 13.8. The first kappa shape index (κ1) is 28.3. The summed E-state index contributed by atoms with van der Waals surface area (Å²) in [5.74, 6) is 0.636. The van der Waals surface area contributed by atoms with Gasteiger partial charge in [0.1, 0.15) is 22.3 Å². The maximum atomic E-state index is 13.8. The number of fused-ring (bicyclic) bond motifs is 1. The van der Waals surface area contributed by atoms with Crippen molar-refractivity contribution in [2.75, 3.05) is 13.7 Å². The van der Waals surface area contributed by atoms with Crippen LogP contribution in [0.25, 0.3) is 17.4 Å². The van der Waals surface area contributed by atoms with Crippen molar-refractivity contribution in [3.8, 4) is 17.1 Å². The summed E-state index contributed by atoms with van der Waals surface area (Å²) in [6, 6.07) is 12.1. The van der Waals surface area contributed by atoms with Crippen molar-refractivity contribution in [2.45, 2.75) is 19.9 Å². The minimum Gasteiger partial charge on any atom is -0.497 e. The lowest BCUT2D eigenvalue weighted by Gasteiger charge is -2.24. The fourth-order valence-corrected chi connectivity index (χ4v) is 6.00. The molecule has 0 amide bonds. The monoisotopic (exact) mass is 613 g/mol. The SMILES string of the molecule is CCOC(=O)C1=C(C)N=c2s/c(=C/c3ccc(-c4cc(Cl)c([N+](=O)[O-])cc4Cl)o3)c(=O)n2C1c1cccc(OC)c1. The first-order valence-electron chi connectivity index (χ1n) is 12.2. The molecule has 41 heavy (non-hydrogen) atoms. The number of halogens is 2. The summed E-state index contributed by atoms with van der Waals surface area (Å²) in [4.78, 5) is 42.3. The van der Waals surface area contributed by atoms with Crippen molar-refractivity contribution in [2.24, 2.45) is 4.99 Å². The van der Waals surface area contributed by atoms with Gasteiger partial charge in [-0.25, -0.2) is 9.79 Å². The number of ether oxygens (including phenoxy) is 2. The first-order valence-corrected chi connectivity index (χ1v) is 13.8. The van der Waals surface area contributed by atoms with Gasteiger partial charge in [0.25, 0.3) is 11.2 Å². The van der Waals surface area contributed by atoms with Crippen LogP contribution in [0.5, 0.6) is 5.75 Å². The number of nitrogens with zero attached hydrogens (tertiary/aromatic N) is 3. The Morgan fingerprint density at radius 2 is 2.00 bits per heavy atom. The van der Waals surface area contributed by atoms with Crippen molar-refractivity contribution < 1.29 is 23.6 Å². The Labute approximate surface area is 246 Å². The summed E-state index contributed by atoms with van der Waals surface area (Å²) in [6.07, 6.45) is 1.56. The summed E-state index contributed by atoms with van der Waals surface area (Å²) in [7, 11) is 1.54. The number of hydrogen-bond acceptors (Lipinski definition) is 9. The van der Waals surface area contributed by atoms with Crippen LogP contribution in [-0.4, -0.2) is 29.2 Å². The van der Waals surface area contributed by atoms with Gasteiger partial charge in [-0.2, -0.15) is 0 Å². The molecule has 0 saturated carbocycles. The highest BCUT2D eigenvalue weighted by atomic mass is 35.5. The lowest BCUT2D eigenvalue weighted by Crippen LogP contribution is -2.39. The largest absolute Gasteiger partial charge is 0.497 e. The quantitative estimate of drug-likeness (QED) is 0.158. The number of methoxy groups -OCH3 is 1. The lowest BCUT2D eigenvalue weighted by atomic mass is 9.95. The van der Waals surface area contributed by atoms with E-state index in [1.165, 1.54) is 17.7 Å². The molecule has 2 aromatic heterocycles. The molecule has 0 N–H and O–H groups in total. The Kier molecular flexibility index (Phi) is 7.85. The van der Waals surface area contributed by atoms with Crippen LogP contribution in [0.15, 0.2) is 74.0 Å². The van der Waals surface area contributed by atoms with Crippen LogP contribution in [0.4, 0.5) is 5.69 Å². The van der Waals surface area contributed by atoms with Gasteiger partial charge < -0.3 is 13.9 Å². The van der Waals surface area contributed by atoms with Gasteiger partial charge in [-0.05, 0) is 49.7 Å². The Bertz CT molecular complexity index is 1920. The number of allylic oxidation sites excluding steroid dienone is 1. The van der Waals surface area contributed by atoms with Crippen LogP contribution in [0.3, 0.4) is 0 Å². The summed E-state index contributed by atoms with van der Waals surface area (Å²) < 4.78 is 18.4. The molecule has 13 heteroatoms. The Morgan fingerprint density at radius 1 is 1.22 bits per heavy atom. The number of thiazole rings is 1. The fourth-order valence-electron chi connectivity index (χ4n) is 4.49. The summed E-state index contributed by atoms with van der Waals surface area (Å²) in [6.45, 7) is 3.57. The normalized spacial score (nSPS) is 15.0. The molecule has 4 aromatic rings. The van der Waals surface area contributed by atoms with Gasteiger partial charge >= 0.3 is 5.97 Å². The number of carbonyl (C=O) groups is 1. The second-order valence-electron chi connectivity index (χ2n) is 8.82. The van der Waals surface area contributed by atoms with E-state index in [0.717, 1.165) is 17.4 Å². The van der Waals surface area contributed by atoms with Gasteiger partial charge in [0, 0.05) is 17.7 Å². The molecule has 2 aromatic carbocycles. The van der Waals surface area contributed by atoms with E-state index in [4.69, 9.17) is 37.1 Å². The smallest absolute Gasteiger partial charge is 0.338 e. The molecule has 1 atom stereocenters. The van der Waals surface area contributed by atoms with Gasteiger partial charge in [0.05, 0.1) is 45.5 Å². The molecule has 10 nitrogen and oxygen atoms in total. The first-order chi connectivity index (χ1) is 19.6. The molecule has 0 radical (unpaired) electrons. The third kappa shape index (κ3) is 5.31. The zero-order chi connectivity index (χ0) is 29.4. The molecule has 210 valence electrons. The van der Waals surface area contributed by atoms with Gasteiger partial charge in [-0.3, -0.25) is 19.5 Å². The van der Waals surface area contributed by atoms with E-state index in [-0.39, 0.29) is 33.5 Å². The van der Waals surface area contributed by atoms with Gasteiger partial charge in [-0.15, -0.1) is 0 Å². The van der Waals surface area contributed by atoms with Gasteiger partial charge in [-0.1, -0.05) is 46.7 Å². The molecule has 0 spiro atoms. The van der Waals surface area contributed by atoms with Crippen molar-refractivity contribution in [1.29, 1.82) is 0 Å². The number of benzene rings is 2. The average molecular weight is 614 g/mol. The Hall–Kier alpha value is -4.19. The number of nitro benzene ring substituents is 1. The number of esters is 1. The molecular weight excluding hydrogens is 593 g/mol. The minimum atomic E-state index is -0.796. The predicted octanol–water partition coefficient (Wildman–Crippen LogP) is 5.28. The zero-order valence-electron chi connectivity index (χ0n) is 21.8. The van der Waals surface area contributed by atoms with Crippen LogP contribution in [0.2, 0.25) is 10.0 Å². The van der Waals surface area contributed by atoms with E-state index in [0.29, 0.717) is 43.4 Å². The van der Waals surface area contributed by atoms with Crippen LogP contribution in [-0.2, 0) is 9.53 Å². The van der Waals surface area contributed by atoms with Crippen LogP contribution in [0.1, 0.15) is 31.2 Å². The molecule has 3 heterocycles. The van der Waals surface area contributed by atoms with E-state index >= 15 is 0 Å². The van der Waals surface area contributed by atoms with Crippen molar-refractivity contribution in [1.82, 2.24) is 4.57 Å². The molecule has 1 unspecified atom stereocenters. The topological polar surface area (TPSA) is 126 Å². The molecule has 0 fully saturated rings. The number of carbonyl (C=O) groups excluding carboxylic acids is 1. The summed E-state index contributed by atoms with van der Waals surface area (Å²) >= 11 is 13.5. The highest BCUT2D eigenvalue weighted by Crippen LogP contribution is 2.37. The van der Waals surface area contributed by atoms with E-state index < -0.39 is 16.9 Å². The summed E-state index contributed by atoms with van der Waals surface area (Å²) in [5.41, 5.74) is 0.995. The molecule has 0 aliphatic carbocycles. The van der Waals surface area contributed by atoms with E-state index in [2.05, 4.69) is 4.99 Å². The molecule has 0 saturated heterocycles. The second kappa shape index (κ2) is 11.4. The Morgan fingerprint density at radius 3 is 2.71 bits per heavy atom. The van der Waals surface area contributed by atoms with Crippen molar-refractivity contribution >= 4 is 52.3 Å². The van der Waals surface area contributed by atoms with Crippen molar-refractivity contribution in [3.05, 3.63) is 111 Å². The molecule has 5 rings (SSSR count). The van der Waals surface area contributed by atoms with Gasteiger partial charge in [0.2, 0.25) is 0 Å². The molecule has 1 aliphatic heterocycles. The van der Waals surface area contributed by atoms with E-state index in [1.54, 1.807) is 56.3 Å². The van der Waals surface area contributed by atoms with Gasteiger partial charge in [0.15, 0.2) is 4.80 Å². The average Bonchev–Trinajstić information content (AvgIpc) is 3.53. The maximum Gasteiger partial charge on any atom is 0.338 e. The van der Waals surface area contributed by atoms with Crippen LogP contribution in [0, 0.1) is 10.1 Å². The highest BCUT2D eigenvalue weighted by Gasteiger charge is 2.33.